The molecular weight excluding hydrogens is 427 g/mol. The topological polar surface area (TPSA) is 66.6 Å². The van der Waals surface area contributed by atoms with Crippen LogP contribution < -0.4 is 4.74 Å². The highest BCUT2D eigenvalue weighted by Gasteiger charge is 2.16. The zero-order valence-electron chi connectivity index (χ0n) is 18.7. The maximum Gasteiger partial charge on any atom is 0.138 e. The lowest BCUT2D eigenvalue weighted by molar-refractivity contribution is 0.154. The number of pyridine rings is 1. The predicted octanol–water partition coefficient (Wildman–Crippen LogP) is 7.14. The summed E-state index contributed by atoms with van der Waals surface area (Å²) >= 11 is 0. The first-order chi connectivity index (χ1) is 16.7. The van der Waals surface area contributed by atoms with Crippen molar-refractivity contribution in [2.45, 2.75) is 38.2 Å². The van der Waals surface area contributed by atoms with Gasteiger partial charge in [-0.1, -0.05) is 30.7 Å². The lowest BCUT2D eigenvalue weighted by Gasteiger charge is -2.22. The van der Waals surface area contributed by atoms with Gasteiger partial charge in [0.1, 0.15) is 11.6 Å². The summed E-state index contributed by atoms with van der Waals surface area (Å²) in [5.41, 5.74) is 6.32. The monoisotopic (exact) mass is 452 g/mol. The van der Waals surface area contributed by atoms with Crippen LogP contribution in [0.25, 0.3) is 44.7 Å². The van der Waals surface area contributed by atoms with Gasteiger partial charge in [0.05, 0.1) is 29.4 Å². The summed E-state index contributed by atoms with van der Waals surface area (Å²) in [4.78, 5) is 7.84. The minimum Gasteiger partial charge on any atom is -0.489 e. The highest BCUT2D eigenvalue weighted by molar-refractivity contribution is 5.98. The number of benzene rings is 2. The number of nitrogens with zero attached hydrogens (tertiary/aromatic N) is 2. The van der Waals surface area contributed by atoms with Crippen LogP contribution in [0.5, 0.6) is 5.75 Å². The average molecular weight is 453 g/mol. The normalized spacial score (nSPS) is 14.5. The molecule has 1 saturated carbocycles. The van der Waals surface area contributed by atoms with Gasteiger partial charge in [-0.05, 0) is 73.2 Å². The Kier molecular flexibility index (Phi) is 5.34. The van der Waals surface area contributed by atoms with Gasteiger partial charge in [-0.3, -0.25) is 10.1 Å². The van der Waals surface area contributed by atoms with Crippen LogP contribution in [0.3, 0.4) is 0 Å². The quantitative estimate of drug-likeness (QED) is 0.298. The van der Waals surface area contributed by atoms with E-state index in [1.165, 1.54) is 25.3 Å². The molecule has 170 valence electrons. The Bertz CT molecular complexity index is 1450. The number of H-pyrrole nitrogens is 2. The van der Waals surface area contributed by atoms with E-state index in [1.807, 2.05) is 36.4 Å². The second kappa shape index (κ2) is 8.78. The molecule has 0 unspecified atom stereocenters. The molecular formula is C28H25FN4O. The third-order valence-corrected chi connectivity index (χ3v) is 6.53. The van der Waals surface area contributed by atoms with Crippen LogP contribution in [0.15, 0.2) is 73.1 Å². The van der Waals surface area contributed by atoms with Crippen LogP contribution in [-0.4, -0.2) is 26.3 Å². The fourth-order valence-corrected chi connectivity index (χ4v) is 4.81. The summed E-state index contributed by atoms with van der Waals surface area (Å²) in [5.74, 6) is 0.547. The average Bonchev–Trinajstić information content (AvgIpc) is 3.52. The molecule has 5 aromatic rings. The third-order valence-electron chi connectivity index (χ3n) is 6.53. The van der Waals surface area contributed by atoms with Crippen molar-refractivity contribution in [3.8, 4) is 39.5 Å². The standard InChI is InChI=1S/C28H25FN4O/c29-20-7-4-6-18(12-20)23-10-5-11-25-24(23)14-27(31-25)28-15-26(32-33-28)19-13-22(17-30-16-19)34-21-8-2-1-3-9-21/h4-7,10-17,21,31H,1-3,8-9H2,(H,32,33). The molecule has 0 aliphatic heterocycles. The largest absolute Gasteiger partial charge is 0.489 e. The van der Waals surface area contributed by atoms with E-state index in [-0.39, 0.29) is 11.9 Å². The van der Waals surface area contributed by atoms with Crippen molar-refractivity contribution in [2.75, 3.05) is 0 Å². The van der Waals surface area contributed by atoms with E-state index in [0.717, 1.165) is 63.3 Å². The van der Waals surface area contributed by atoms with E-state index < -0.39 is 0 Å². The molecule has 0 bridgehead atoms. The van der Waals surface area contributed by atoms with Crippen LogP contribution in [0.1, 0.15) is 32.1 Å². The fourth-order valence-electron chi connectivity index (χ4n) is 4.81. The number of ether oxygens (including phenoxy) is 1. The Labute approximate surface area is 197 Å². The molecule has 0 radical (unpaired) electrons. The van der Waals surface area contributed by atoms with E-state index in [4.69, 9.17) is 4.74 Å². The third kappa shape index (κ3) is 4.07. The fraction of sp³-hybridized carbons (Fsp3) is 0.214. The Morgan fingerprint density at radius 1 is 0.853 bits per heavy atom. The highest BCUT2D eigenvalue weighted by Crippen LogP contribution is 2.33. The van der Waals surface area contributed by atoms with Crippen LogP contribution in [0, 0.1) is 5.82 Å². The van der Waals surface area contributed by atoms with E-state index >= 15 is 0 Å². The molecule has 3 heterocycles. The molecule has 5 nitrogen and oxygen atoms in total. The van der Waals surface area contributed by atoms with Gasteiger partial charge in [0.25, 0.3) is 0 Å². The molecule has 1 fully saturated rings. The molecule has 1 aliphatic carbocycles. The maximum atomic E-state index is 13.8. The Balaban J connectivity index is 1.29. The van der Waals surface area contributed by atoms with Crippen LogP contribution >= 0.6 is 0 Å². The Morgan fingerprint density at radius 3 is 2.62 bits per heavy atom. The lowest BCUT2D eigenvalue weighted by atomic mass is 9.98. The summed E-state index contributed by atoms with van der Waals surface area (Å²) in [7, 11) is 0. The van der Waals surface area contributed by atoms with E-state index in [9.17, 15) is 4.39 Å². The molecule has 2 N–H and O–H groups in total. The van der Waals surface area contributed by atoms with Crippen molar-refractivity contribution in [1.29, 1.82) is 0 Å². The molecule has 1 aliphatic rings. The van der Waals surface area contributed by atoms with Crippen molar-refractivity contribution in [3.05, 3.63) is 78.9 Å². The van der Waals surface area contributed by atoms with Crippen molar-refractivity contribution >= 4 is 10.9 Å². The van der Waals surface area contributed by atoms with Crippen LogP contribution in [-0.2, 0) is 0 Å². The predicted molar refractivity (Wildman–Crippen MR) is 132 cm³/mol. The van der Waals surface area contributed by atoms with Gasteiger partial charge < -0.3 is 9.72 Å². The van der Waals surface area contributed by atoms with Crippen molar-refractivity contribution in [1.82, 2.24) is 20.2 Å². The van der Waals surface area contributed by atoms with Crippen LogP contribution in [0.4, 0.5) is 4.39 Å². The molecule has 6 heteroatoms. The molecule has 3 aromatic heterocycles. The minimum atomic E-state index is -0.244. The molecule has 6 rings (SSSR count). The van der Waals surface area contributed by atoms with Gasteiger partial charge in [0.15, 0.2) is 0 Å². The number of aromatic nitrogens is 4. The first-order valence-electron chi connectivity index (χ1n) is 11.8. The summed E-state index contributed by atoms with van der Waals surface area (Å²) in [6, 6.07) is 18.8. The molecule has 0 spiro atoms. The number of hydrogen-bond acceptors (Lipinski definition) is 3. The second-order valence-electron chi connectivity index (χ2n) is 8.91. The number of nitrogens with one attached hydrogen (secondary N) is 2. The number of aromatic amines is 2. The van der Waals surface area contributed by atoms with Gasteiger partial charge in [0, 0.05) is 22.7 Å². The second-order valence-corrected chi connectivity index (χ2v) is 8.91. The summed E-state index contributed by atoms with van der Waals surface area (Å²) in [6.45, 7) is 0. The van der Waals surface area contributed by atoms with Gasteiger partial charge in [0.2, 0.25) is 0 Å². The van der Waals surface area contributed by atoms with Gasteiger partial charge in [-0.25, -0.2) is 4.39 Å². The summed E-state index contributed by atoms with van der Waals surface area (Å²) in [6.07, 6.45) is 9.82. The number of rotatable bonds is 5. The first-order valence-corrected chi connectivity index (χ1v) is 11.8. The number of fused-ring (bicyclic) bond motifs is 1. The van der Waals surface area contributed by atoms with Gasteiger partial charge in [-0.15, -0.1) is 0 Å². The maximum absolute atomic E-state index is 13.8. The Morgan fingerprint density at radius 2 is 1.74 bits per heavy atom. The number of halogens is 1. The summed E-state index contributed by atoms with van der Waals surface area (Å²) < 4.78 is 20.0. The smallest absolute Gasteiger partial charge is 0.138 e. The first kappa shape index (κ1) is 20.7. The van der Waals surface area contributed by atoms with E-state index in [2.05, 4.69) is 26.2 Å². The zero-order valence-corrected chi connectivity index (χ0v) is 18.7. The van der Waals surface area contributed by atoms with E-state index in [1.54, 1.807) is 24.5 Å². The highest BCUT2D eigenvalue weighted by atomic mass is 19.1. The lowest BCUT2D eigenvalue weighted by Crippen LogP contribution is -2.19. The molecule has 0 atom stereocenters. The SMILES string of the molecule is Fc1cccc(-c2cccc3[nH]c(-c4cc(-c5cncc(OC6CCCCC6)c5)n[nH]4)cc23)c1. The minimum absolute atomic E-state index is 0.244. The molecule has 0 saturated heterocycles. The Hall–Kier alpha value is -3.93. The zero-order chi connectivity index (χ0) is 22.9. The molecule has 2 aromatic carbocycles. The van der Waals surface area contributed by atoms with Crippen molar-refractivity contribution < 1.29 is 9.13 Å². The van der Waals surface area contributed by atoms with Crippen LogP contribution in [0.2, 0.25) is 0 Å². The van der Waals surface area contributed by atoms with Gasteiger partial charge in [-0.2, -0.15) is 5.10 Å². The van der Waals surface area contributed by atoms with Crippen molar-refractivity contribution in [2.24, 2.45) is 0 Å². The molecule has 0 amide bonds. The number of hydrogen-bond donors (Lipinski definition) is 2. The van der Waals surface area contributed by atoms with Gasteiger partial charge >= 0.3 is 0 Å². The molecule has 34 heavy (non-hydrogen) atoms. The van der Waals surface area contributed by atoms with Crippen molar-refractivity contribution in [3.63, 3.8) is 0 Å². The summed E-state index contributed by atoms with van der Waals surface area (Å²) in [5, 5.41) is 8.70. The van der Waals surface area contributed by atoms with E-state index in [0.29, 0.717) is 0 Å².